The lowest BCUT2D eigenvalue weighted by Crippen LogP contribution is -2.47. The maximum absolute atomic E-state index is 12.0. The largest absolute Gasteiger partial charge is 0.370 e. The predicted molar refractivity (Wildman–Crippen MR) is 102 cm³/mol. The Morgan fingerprint density at radius 1 is 1.28 bits per heavy atom. The highest BCUT2D eigenvalue weighted by molar-refractivity contribution is 5.78. The average Bonchev–Trinajstić information content (AvgIpc) is 2.52. The summed E-state index contributed by atoms with van der Waals surface area (Å²) >= 11 is 0. The quantitative estimate of drug-likeness (QED) is 0.827. The monoisotopic (exact) mass is 347 g/mol. The fraction of sp³-hybridized carbons (Fsp3) is 0.737. The number of piperidine rings is 1. The predicted octanol–water partition coefficient (Wildman–Crippen LogP) is 2.39. The number of rotatable bonds is 6. The Balaban J connectivity index is 1.74. The highest BCUT2D eigenvalue weighted by Crippen LogP contribution is 2.18. The van der Waals surface area contributed by atoms with Crippen LogP contribution in [0.4, 0.5) is 5.82 Å². The van der Waals surface area contributed by atoms with Gasteiger partial charge in [0.25, 0.3) is 0 Å². The van der Waals surface area contributed by atoms with Crippen LogP contribution in [0.25, 0.3) is 0 Å². The van der Waals surface area contributed by atoms with Crippen LogP contribution in [0.1, 0.15) is 52.1 Å². The van der Waals surface area contributed by atoms with Crippen LogP contribution in [-0.4, -0.2) is 52.5 Å². The summed E-state index contributed by atoms with van der Waals surface area (Å²) in [6.45, 7) is 13.5. The topological polar surface area (TPSA) is 70.2 Å². The Morgan fingerprint density at radius 2 is 1.96 bits per heavy atom. The van der Waals surface area contributed by atoms with Crippen molar-refractivity contribution in [3.8, 4) is 0 Å². The van der Waals surface area contributed by atoms with Crippen molar-refractivity contribution in [1.29, 1.82) is 0 Å². The molecule has 0 aromatic carbocycles. The van der Waals surface area contributed by atoms with Gasteiger partial charge in [0.1, 0.15) is 11.6 Å². The van der Waals surface area contributed by atoms with E-state index in [9.17, 15) is 4.79 Å². The Labute approximate surface area is 151 Å². The van der Waals surface area contributed by atoms with Crippen molar-refractivity contribution in [2.24, 2.45) is 5.92 Å². The van der Waals surface area contributed by atoms with Gasteiger partial charge < -0.3 is 10.6 Å². The van der Waals surface area contributed by atoms with Crippen LogP contribution in [0.5, 0.6) is 0 Å². The minimum atomic E-state index is -0.160. The maximum atomic E-state index is 12.0. The average molecular weight is 348 g/mol. The summed E-state index contributed by atoms with van der Waals surface area (Å²) < 4.78 is 0. The van der Waals surface area contributed by atoms with Crippen molar-refractivity contribution in [3.05, 3.63) is 17.6 Å². The van der Waals surface area contributed by atoms with Crippen LogP contribution in [0, 0.1) is 12.8 Å². The third-order valence-electron chi connectivity index (χ3n) is 4.41. The van der Waals surface area contributed by atoms with Gasteiger partial charge in [0.15, 0.2) is 0 Å². The van der Waals surface area contributed by atoms with Gasteiger partial charge in [-0.25, -0.2) is 9.97 Å². The lowest BCUT2D eigenvalue weighted by Gasteiger charge is -2.32. The number of carbonyl (C=O) groups is 1. The Hall–Kier alpha value is -1.69. The van der Waals surface area contributed by atoms with Gasteiger partial charge in [-0.05, 0) is 66.0 Å². The van der Waals surface area contributed by atoms with Crippen LogP contribution < -0.4 is 10.6 Å². The molecule has 2 N–H and O–H groups in total. The first-order chi connectivity index (χ1) is 11.7. The van der Waals surface area contributed by atoms with E-state index in [4.69, 9.17) is 0 Å². The summed E-state index contributed by atoms with van der Waals surface area (Å²) in [6.07, 6.45) is 3.15. The molecule has 1 amide bonds. The molecule has 1 saturated heterocycles. The Kier molecular flexibility index (Phi) is 6.76. The van der Waals surface area contributed by atoms with Gasteiger partial charge in [-0.3, -0.25) is 9.69 Å². The lowest BCUT2D eigenvalue weighted by atomic mass is 9.96. The molecule has 1 aliphatic rings. The highest BCUT2D eigenvalue weighted by Gasteiger charge is 2.22. The summed E-state index contributed by atoms with van der Waals surface area (Å²) in [5.41, 5.74) is 0.918. The summed E-state index contributed by atoms with van der Waals surface area (Å²) in [5.74, 6) is 2.49. The molecular formula is C19H33N5O. The molecule has 1 fully saturated rings. The number of amides is 1. The van der Waals surface area contributed by atoms with E-state index in [0.717, 1.165) is 56.2 Å². The molecule has 0 saturated carbocycles. The Bertz CT molecular complexity index is 574. The number of hydrogen-bond donors (Lipinski definition) is 2. The van der Waals surface area contributed by atoms with Gasteiger partial charge in [0.2, 0.25) is 5.91 Å². The lowest BCUT2D eigenvalue weighted by molar-refractivity contribution is -0.124. The first-order valence-electron chi connectivity index (χ1n) is 9.37. The summed E-state index contributed by atoms with van der Waals surface area (Å²) in [6, 6.07) is 2.04. The van der Waals surface area contributed by atoms with Crippen molar-refractivity contribution in [3.63, 3.8) is 0 Å². The molecule has 0 spiro atoms. The highest BCUT2D eigenvalue weighted by atomic mass is 16.2. The number of anilines is 1. The van der Waals surface area contributed by atoms with Crippen LogP contribution in [0.2, 0.25) is 0 Å². The number of carbonyl (C=O) groups excluding carboxylic acids is 1. The van der Waals surface area contributed by atoms with Crippen molar-refractivity contribution < 1.29 is 4.79 Å². The first-order valence-corrected chi connectivity index (χ1v) is 9.37. The molecule has 1 aliphatic heterocycles. The van der Waals surface area contributed by atoms with Gasteiger partial charge >= 0.3 is 0 Å². The molecule has 6 nitrogen and oxygen atoms in total. The Morgan fingerprint density at radius 3 is 2.56 bits per heavy atom. The molecular weight excluding hydrogens is 314 g/mol. The first kappa shape index (κ1) is 19.6. The van der Waals surface area contributed by atoms with E-state index in [-0.39, 0.29) is 11.4 Å². The number of likely N-dealkylation sites (tertiary alicyclic amines) is 1. The van der Waals surface area contributed by atoms with Crippen molar-refractivity contribution in [2.75, 3.05) is 31.5 Å². The molecule has 1 aromatic rings. The fourth-order valence-electron chi connectivity index (χ4n) is 3.16. The molecule has 0 unspecified atom stereocenters. The normalized spacial score (nSPS) is 16.7. The van der Waals surface area contributed by atoms with E-state index in [1.54, 1.807) is 0 Å². The molecule has 140 valence electrons. The van der Waals surface area contributed by atoms with E-state index in [1.807, 2.05) is 33.8 Å². The molecule has 0 aliphatic carbocycles. The molecule has 0 bridgehead atoms. The summed E-state index contributed by atoms with van der Waals surface area (Å²) in [7, 11) is 0. The van der Waals surface area contributed by atoms with Gasteiger partial charge in [0.05, 0.1) is 6.54 Å². The van der Waals surface area contributed by atoms with Gasteiger partial charge in [0, 0.05) is 23.8 Å². The number of aromatic nitrogens is 2. The molecule has 25 heavy (non-hydrogen) atoms. The van der Waals surface area contributed by atoms with Crippen LogP contribution >= 0.6 is 0 Å². The molecule has 0 atom stereocenters. The van der Waals surface area contributed by atoms with E-state index in [2.05, 4.69) is 32.4 Å². The van der Waals surface area contributed by atoms with E-state index < -0.39 is 0 Å². The van der Waals surface area contributed by atoms with E-state index in [0.29, 0.717) is 12.5 Å². The zero-order valence-electron chi connectivity index (χ0n) is 16.4. The molecule has 6 heteroatoms. The second kappa shape index (κ2) is 8.61. The summed E-state index contributed by atoms with van der Waals surface area (Å²) in [4.78, 5) is 23.2. The zero-order valence-corrected chi connectivity index (χ0v) is 16.4. The second-order valence-corrected chi connectivity index (χ2v) is 8.04. The van der Waals surface area contributed by atoms with E-state index in [1.165, 1.54) is 0 Å². The van der Waals surface area contributed by atoms with Gasteiger partial charge in [-0.15, -0.1) is 0 Å². The van der Waals surface area contributed by atoms with Crippen LogP contribution in [-0.2, 0) is 11.2 Å². The zero-order chi connectivity index (χ0) is 18.4. The van der Waals surface area contributed by atoms with Crippen molar-refractivity contribution in [2.45, 2.75) is 59.4 Å². The third-order valence-corrected chi connectivity index (χ3v) is 4.41. The molecule has 2 rings (SSSR count). The molecule has 2 heterocycles. The second-order valence-electron chi connectivity index (χ2n) is 8.04. The smallest absolute Gasteiger partial charge is 0.234 e. The minimum Gasteiger partial charge on any atom is -0.370 e. The number of nitrogens with one attached hydrogen (secondary N) is 2. The third kappa shape index (κ3) is 6.98. The molecule has 1 aromatic heterocycles. The standard InChI is InChI=1S/C19H33N5O/c1-6-16-11-17(22-14(2)21-16)20-12-15-7-9-24(10-8-15)13-18(25)23-19(3,4)5/h11,15H,6-10,12-13H2,1-5H3,(H,23,25)(H,20,21,22). The van der Waals surface area contributed by atoms with Gasteiger partial charge in [-0.2, -0.15) is 0 Å². The number of nitrogens with zero attached hydrogens (tertiary/aromatic N) is 3. The fourth-order valence-corrected chi connectivity index (χ4v) is 3.16. The van der Waals surface area contributed by atoms with Crippen molar-refractivity contribution in [1.82, 2.24) is 20.2 Å². The van der Waals surface area contributed by atoms with E-state index >= 15 is 0 Å². The van der Waals surface area contributed by atoms with Gasteiger partial charge in [-0.1, -0.05) is 6.92 Å². The number of aryl methyl sites for hydroxylation is 2. The number of hydrogen-bond acceptors (Lipinski definition) is 5. The molecule has 0 radical (unpaired) electrons. The summed E-state index contributed by atoms with van der Waals surface area (Å²) in [5, 5.41) is 6.50. The van der Waals surface area contributed by atoms with Crippen LogP contribution in [0.3, 0.4) is 0 Å². The van der Waals surface area contributed by atoms with Crippen LogP contribution in [0.15, 0.2) is 6.07 Å². The SMILES string of the molecule is CCc1cc(NCC2CCN(CC(=O)NC(C)(C)C)CC2)nc(C)n1. The maximum Gasteiger partial charge on any atom is 0.234 e. The minimum absolute atomic E-state index is 0.118. The van der Waals surface area contributed by atoms with Crippen molar-refractivity contribution >= 4 is 11.7 Å².